The topological polar surface area (TPSA) is 52.6 Å². The van der Waals surface area contributed by atoms with Crippen LogP contribution in [0.25, 0.3) is 0 Å². The molecule has 0 aromatic rings. The number of esters is 2. The van der Waals surface area contributed by atoms with Crippen LogP contribution in [0, 0.1) is 0 Å². The van der Waals surface area contributed by atoms with Crippen molar-refractivity contribution in [3.63, 3.8) is 0 Å². The Kier molecular flexibility index (Phi) is 36.9. The molecule has 0 aromatic carbocycles. The third kappa shape index (κ3) is 38.6. The maximum absolute atomic E-state index is 10.8. The van der Waals surface area contributed by atoms with E-state index in [4.69, 9.17) is 9.47 Å². The highest BCUT2D eigenvalue weighted by Gasteiger charge is 1.97. The van der Waals surface area contributed by atoms with Crippen molar-refractivity contribution in [2.75, 3.05) is 13.2 Å². The molecule has 0 unspecified atom stereocenters. The van der Waals surface area contributed by atoms with Gasteiger partial charge in [-0.3, -0.25) is 0 Å². The van der Waals surface area contributed by atoms with Crippen molar-refractivity contribution in [3.8, 4) is 0 Å². The zero-order valence-electron chi connectivity index (χ0n) is 26.3. The Morgan fingerprint density at radius 3 is 0.821 bits per heavy atom. The second kappa shape index (κ2) is 36.4. The minimum Gasteiger partial charge on any atom is -0.463 e. The van der Waals surface area contributed by atoms with Gasteiger partial charge in [-0.2, -0.15) is 0 Å². The Balaban J connectivity index is 0. The molecule has 0 rings (SSSR count). The molecule has 0 fully saturated rings. The number of ether oxygens (including phenoxy) is 2. The van der Waals surface area contributed by atoms with E-state index in [-0.39, 0.29) is 11.9 Å². The third-order valence-corrected chi connectivity index (χ3v) is 7.07. The number of rotatable bonds is 29. The molecule has 0 heterocycles. The zero-order chi connectivity index (χ0) is 29.1. The number of carbonyl (C=O) groups excluding carboxylic acids is 2. The zero-order valence-corrected chi connectivity index (χ0v) is 26.3. The number of hydrogen-bond donors (Lipinski definition) is 0. The van der Waals surface area contributed by atoms with Crippen LogP contribution < -0.4 is 0 Å². The summed E-state index contributed by atoms with van der Waals surface area (Å²) in [6, 6.07) is 0. The summed E-state index contributed by atoms with van der Waals surface area (Å²) < 4.78 is 9.86. The van der Waals surface area contributed by atoms with E-state index in [0.29, 0.717) is 13.2 Å². The molecule has 4 heteroatoms. The summed E-state index contributed by atoms with van der Waals surface area (Å²) in [4.78, 5) is 21.6. The highest BCUT2D eigenvalue weighted by atomic mass is 16.5. The molecule has 0 saturated carbocycles. The SMILES string of the molecule is C=CC(=O)OCCCCCCCCCCCCCC.C=CC(=O)OCCCCCCCCCCCCCCC. The fourth-order valence-corrected chi connectivity index (χ4v) is 4.53. The molecule has 0 aliphatic heterocycles. The van der Waals surface area contributed by atoms with Crippen LogP contribution in [0.1, 0.15) is 174 Å². The lowest BCUT2D eigenvalue weighted by Crippen LogP contribution is -2.01. The van der Waals surface area contributed by atoms with Gasteiger partial charge in [-0.05, 0) is 12.8 Å². The summed E-state index contributed by atoms with van der Waals surface area (Å²) in [5, 5.41) is 0. The van der Waals surface area contributed by atoms with E-state index in [9.17, 15) is 9.59 Å². The van der Waals surface area contributed by atoms with Crippen LogP contribution in [0.15, 0.2) is 25.3 Å². The lowest BCUT2D eigenvalue weighted by atomic mass is 10.0. The first-order chi connectivity index (χ1) is 19.1. The first-order valence-corrected chi connectivity index (χ1v) is 16.7. The van der Waals surface area contributed by atoms with Gasteiger partial charge in [0, 0.05) is 12.2 Å². The van der Waals surface area contributed by atoms with Crippen molar-refractivity contribution in [1.82, 2.24) is 0 Å². The molecule has 39 heavy (non-hydrogen) atoms. The number of hydrogen-bond acceptors (Lipinski definition) is 4. The summed E-state index contributed by atoms with van der Waals surface area (Å²) in [5.41, 5.74) is 0. The molecule has 0 bridgehead atoms. The highest BCUT2D eigenvalue weighted by molar-refractivity contribution is 5.81. The van der Waals surface area contributed by atoms with Gasteiger partial charge in [-0.1, -0.05) is 175 Å². The van der Waals surface area contributed by atoms with Gasteiger partial charge in [0.05, 0.1) is 13.2 Å². The molecule has 0 aromatic heterocycles. The molecular weight excluding hydrogens is 484 g/mol. The highest BCUT2D eigenvalue weighted by Crippen LogP contribution is 2.13. The van der Waals surface area contributed by atoms with Crippen LogP contribution in [0.2, 0.25) is 0 Å². The molecule has 0 N–H and O–H groups in total. The molecule has 0 amide bonds. The smallest absolute Gasteiger partial charge is 0.330 e. The second-order valence-electron chi connectivity index (χ2n) is 10.9. The molecule has 0 aliphatic rings. The lowest BCUT2D eigenvalue weighted by Gasteiger charge is -2.03. The predicted octanol–water partition coefficient (Wildman–Crippen LogP) is 11.2. The Hall–Kier alpha value is -1.58. The fraction of sp³-hybridized carbons (Fsp3) is 0.829. The van der Waals surface area contributed by atoms with Crippen molar-refractivity contribution in [2.24, 2.45) is 0 Å². The molecule has 0 radical (unpaired) electrons. The summed E-state index contributed by atoms with van der Waals surface area (Å²) in [6.45, 7) is 12.4. The maximum Gasteiger partial charge on any atom is 0.330 e. The van der Waals surface area contributed by atoms with Gasteiger partial charge in [0.25, 0.3) is 0 Å². The standard InChI is InChI=1S/C18H34O2.C17H32O2/c1-3-5-6-7-8-9-10-11-12-13-14-15-16-17-20-18(19)4-2;1-3-5-6-7-8-9-10-11-12-13-14-15-16-19-17(18)4-2/h4H,2-3,5-17H2,1H3;4H,2-3,5-16H2,1H3. The molecule has 230 valence electrons. The van der Waals surface area contributed by atoms with Gasteiger partial charge in [0.2, 0.25) is 0 Å². The van der Waals surface area contributed by atoms with Crippen LogP contribution in [0.4, 0.5) is 0 Å². The van der Waals surface area contributed by atoms with Crippen LogP contribution >= 0.6 is 0 Å². The first kappa shape index (κ1) is 39.6. The first-order valence-electron chi connectivity index (χ1n) is 16.7. The average Bonchev–Trinajstić information content (AvgIpc) is 2.95. The van der Waals surface area contributed by atoms with Gasteiger partial charge < -0.3 is 9.47 Å². The second-order valence-corrected chi connectivity index (χ2v) is 10.9. The minimum atomic E-state index is -0.303. The summed E-state index contributed by atoms with van der Waals surface area (Å²) >= 11 is 0. The van der Waals surface area contributed by atoms with Crippen molar-refractivity contribution in [3.05, 3.63) is 25.3 Å². The quantitative estimate of drug-likeness (QED) is 0.0528. The molecule has 0 spiro atoms. The van der Waals surface area contributed by atoms with Gasteiger partial charge in [0.1, 0.15) is 0 Å². The molecule has 0 aliphatic carbocycles. The van der Waals surface area contributed by atoms with Gasteiger partial charge in [-0.15, -0.1) is 0 Å². The van der Waals surface area contributed by atoms with Crippen LogP contribution in [0.5, 0.6) is 0 Å². The van der Waals surface area contributed by atoms with Crippen molar-refractivity contribution >= 4 is 11.9 Å². The van der Waals surface area contributed by atoms with Crippen molar-refractivity contribution in [1.29, 1.82) is 0 Å². The summed E-state index contributed by atoms with van der Waals surface area (Å²) in [7, 11) is 0. The number of unbranched alkanes of at least 4 members (excludes halogenated alkanes) is 23. The van der Waals surface area contributed by atoms with E-state index < -0.39 is 0 Å². The Bertz CT molecular complexity index is 529. The summed E-state index contributed by atoms with van der Waals surface area (Å²) in [6.07, 6.45) is 35.7. The molecule has 4 nitrogen and oxygen atoms in total. The number of carbonyl (C=O) groups is 2. The maximum atomic E-state index is 10.8. The van der Waals surface area contributed by atoms with Crippen LogP contribution in [0.3, 0.4) is 0 Å². The Morgan fingerprint density at radius 1 is 0.410 bits per heavy atom. The third-order valence-electron chi connectivity index (χ3n) is 7.07. The van der Waals surface area contributed by atoms with Crippen molar-refractivity contribution in [2.45, 2.75) is 174 Å². The van der Waals surface area contributed by atoms with E-state index >= 15 is 0 Å². The van der Waals surface area contributed by atoms with Gasteiger partial charge >= 0.3 is 11.9 Å². The van der Waals surface area contributed by atoms with E-state index in [1.807, 2.05) is 0 Å². The normalized spacial score (nSPS) is 10.4. The largest absolute Gasteiger partial charge is 0.463 e. The van der Waals surface area contributed by atoms with Crippen LogP contribution in [-0.4, -0.2) is 25.2 Å². The average molecular weight is 551 g/mol. The molecule has 0 saturated heterocycles. The van der Waals surface area contributed by atoms with E-state index in [1.165, 1.54) is 160 Å². The molecule has 0 atom stereocenters. The fourth-order valence-electron chi connectivity index (χ4n) is 4.53. The monoisotopic (exact) mass is 550 g/mol. The minimum absolute atomic E-state index is 0.302. The summed E-state index contributed by atoms with van der Waals surface area (Å²) in [5.74, 6) is -0.605. The predicted molar refractivity (Wildman–Crippen MR) is 169 cm³/mol. The Labute approximate surface area is 243 Å². The van der Waals surface area contributed by atoms with Gasteiger partial charge in [-0.25, -0.2) is 9.59 Å². The molecular formula is C35H66O4. The van der Waals surface area contributed by atoms with E-state index in [0.717, 1.165) is 12.8 Å². The van der Waals surface area contributed by atoms with E-state index in [1.54, 1.807) is 0 Å². The lowest BCUT2D eigenvalue weighted by molar-refractivity contribution is -0.138. The van der Waals surface area contributed by atoms with Gasteiger partial charge in [0.15, 0.2) is 0 Å². The Morgan fingerprint density at radius 2 is 0.615 bits per heavy atom. The van der Waals surface area contributed by atoms with Crippen molar-refractivity contribution < 1.29 is 19.1 Å². The van der Waals surface area contributed by atoms with Crippen LogP contribution in [-0.2, 0) is 19.1 Å². The van der Waals surface area contributed by atoms with E-state index in [2.05, 4.69) is 27.0 Å².